The average Bonchev–Trinajstić information content (AvgIpc) is 3.56. The fraction of sp³-hybridized carbons (Fsp3) is 0.304. The highest BCUT2D eigenvalue weighted by Gasteiger charge is 2.49. The Morgan fingerprint density at radius 3 is 1.52 bits per heavy atom. The maximum Gasteiger partial charge on any atom is 0.257 e. The van der Waals surface area contributed by atoms with Crippen LogP contribution in [0, 0.1) is 13.8 Å². The van der Waals surface area contributed by atoms with Crippen LogP contribution >= 0.6 is 0 Å². The van der Waals surface area contributed by atoms with E-state index in [1.807, 2.05) is 0 Å². The number of fused-ring (bicyclic) bond motifs is 8. The topological polar surface area (TPSA) is 15.7 Å². The molecule has 0 unspecified atom stereocenters. The largest absolute Gasteiger partial charge is 0.458 e. The summed E-state index contributed by atoms with van der Waals surface area (Å²) in [5.74, 6) is 1.84. The van der Waals surface area contributed by atoms with Crippen molar-refractivity contribution in [3.8, 4) is 33.8 Å². The number of hydrogen-bond acceptors (Lipinski definition) is 3. The molecule has 0 N–H and O–H groups in total. The first-order chi connectivity index (χ1) is 34.3. The lowest BCUT2D eigenvalue weighted by Crippen LogP contribution is -2.60. The summed E-state index contributed by atoms with van der Waals surface area (Å²) in [5, 5.41) is 0. The Bertz CT molecular complexity index is 3420. The smallest absolute Gasteiger partial charge is 0.257 e. The van der Waals surface area contributed by atoms with Gasteiger partial charge in [0.1, 0.15) is 11.5 Å². The highest BCUT2D eigenvalue weighted by atomic mass is 16.5. The van der Waals surface area contributed by atoms with Gasteiger partial charge < -0.3 is 14.5 Å². The van der Waals surface area contributed by atoms with Gasteiger partial charge in [-0.05, 0) is 168 Å². The Balaban J connectivity index is 1.31. The van der Waals surface area contributed by atoms with Crippen LogP contribution in [0.5, 0.6) is 11.5 Å². The molecule has 3 nitrogen and oxygen atoms in total. The average molecular weight is 957 g/mol. The lowest BCUT2D eigenvalue weighted by Gasteiger charge is -2.43. The van der Waals surface area contributed by atoms with E-state index in [1.165, 1.54) is 89.0 Å². The number of anilines is 6. The highest BCUT2D eigenvalue weighted by molar-refractivity contribution is 7.00. The second-order valence-corrected chi connectivity index (χ2v) is 26.1. The van der Waals surface area contributed by atoms with Gasteiger partial charge in [0.2, 0.25) is 0 Å². The summed E-state index contributed by atoms with van der Waals surface area (Å²) in [4.78, 5) is 5.15. The Kier molecular flexibility index (Phi) is 11.0. The normalized spacial score (nSPS) is 14.5. The zero-order valence-corrected chi connectivity index (χ0v) is 46.3. The standard InChI is InChI=1S/C69H73BN2O/c1-42-35-43(2)37-44(36-42)45-38-57-63-60(39-45)73-59-34-27-49(68(12,13)14)40-55(59)70(63)64-58(72(57)52-32-25-48(26-33-52)67(9,10)11)41-56(62-61(64)53-19-17-18-20-54(53)69(62,15)16)71(50-28-21-46(22-29-50)65(3,4)5)51-30-23-47(24-31-51)66(6,7)8/h17-41H,1-16H3. The van der Waals surface area contributed by atoms with Gasteiger partial charge >= 0.3 is 0 Å². The number of rotatable bonds is 5. The van der Waals surface area contributed by atoms with Gasteiger partial charge in [0, 0.05) is 33.9 Å². The van der Waals surface area contributed by atoms with Crippen molar-refractivity contribution in [2.24, 2.45) is 0 Å². The van der Waals surface area contributed by atoms with Crippen molar-refractivity contribution in [3.63, 3.8) is 0 Å². The molecule has 368 valence electrons. The second kappa shape index (κ2) is 16.6. The van der Waals surface area contributed by atoms with E-state index < -0.39 is 0 Å². The van der Waals surface area contributed by atoms with E-state index in [2.05, 4.69) is 272 Å². The van der Waals surface area contributed by atoms with Gasteiger partial charge in [-0.1, -0.05) is 199 Å². The van der Waals surface area contributed by atoms with Crippen molar-refractivity contribution in [2.45, 2.75) is 138 Å². The Morgan fingerprint density at radius 1 is 0.479 bits per heavy atom. The van der Waals surface area contributed by atoms with E-state index >= 15 is 0 Å². The molecule has 0 radical (unpaired) electrons. The van der Waals surface area contributed by atoms with Crippen LogP contribution < -0.4 is 30.9 Å². The first-order valence-corrected chi connectivity index (χ1v) is 26.6. The van der Waals surface area contributed by atoms with Crippen LogP contribution in [0.15, 0.2) is 152 Å². The molecule has 0 saturated heterocycles. The number of hydrogen-bond donors (Lipinski definition) is 0. The van der Waals surface area contributed by atoms with E-state index in [0.29, 0.717) is 0 Å². The maximum absolute atomic E-state index is 7.32. The molecule has 73 heavy (non-hydrogen) atoms. The molecule has 0 fully saturated rings. The Morgan fingerprint density at radius 2 is 0.973 bits per heavy atom. The SMILES string of the molecule is Cc1cc(C)cc(-c2cc3c4c(c2)N(c2ccc(C(C)(C)C)cc2)c2cc(N(c5ccc(C(C)(C)C)cc5)c5ccc(C(C)(C)C)cc5)c5c(c2B4c2cc(C(C)(C)C)ccc2O3)-c2ccccc2C5(C)C)c1. The molecular formula is C69H73BN2O. The molecule has 8 aromatic rings. The van der Waals surface area contributed by atoms with Crippen LogP contribution in [0.25, 0.3) is 22.3 Å². The molecule has 4 heteroatoms. The minimum absolute atomic E-state index is 0.00650. The predicted molar refractivity (Wildman–Crippen MR) is 314 cm³/mol. The molecule has 0 amide bonds. The van der Waals surface area contributed by atoms with E-state index in [0.717, 1.165) is 39.8 Å². The Hall–Kier alpha value is -6.78. The zero-order valence-electron chi connectivity index (χ0n) is 46.3. The van der Waals surface area contributed by atoms with Gasteiger partial charge in [-0.3, -0.25) is 0 Å². The molecule has 0 bridgehead atoms. The minimum atomic E-state index is -0.359. The third kappa shape index (κ3) is 8.12. The summed E-state index contributed by atoms with van der Waals surface area (Å²) in [7, 11) is 0. The lowest BCUT2D eigenvalue weighted by atomic mass is 9.33. The van der Waals surface area contributed by atoms with Gasteiger partial charge in [0.15, 0.2) is 0 Å². The van der Waals surface area contributed by atoms with Gasteiger partial charge in [-0.2, -0.15) is 0 Å². The van der Waals surface area contributed by atoms with Crippen molar-refractivity contribution in [2.75, 3.05) is 9.80 Å². The van der Waals surface area contributed by atoms with E-state index in [4.69, 9.17) is 4.74 Å². The first-order valence-electron chi connectivity index (χ1n) is 26.6. The van der Waals surface area contributed by atoms with Crippen molar-refractivity contribution in [1.82, 2.24) is 0 Å². The van der Waals surface area contributed by atoms with Gasteiger partial charge in [-0.25, -0.2) is 0 Å². The molecule has 0 atom stereocenters. The zero-order chi connectivity index (χ0) is 51.9. The predicted octanol–water partition coefficient (Wildman–Crippen LogP) is 17.3. The third-order valence-corrected chi connectivity index (χ3v) is 16.2. The Labute approximate surface area is 437 Å². The number of benzene rings is 8. The quantitative estimate of drug-likeness (QED) is 0.160. The monoisotopic (exact) mass is 957 g/mol. The van der Waals surface area contributed by atoms with Crippen LogP contribution in [0.3, 0.4) is 0 Å². The molecule has 11 rings (SSSR count). The van der Waals surface area contributed by atoms with E-state index in [1.54, 1.807) is 0 Å². The minimum Gasteiger partial charge on any atom is -0.458 e. The fourth-order valence-electron chi connectivity index (χ4n) is 12.2. The van der Waals surface area contributed by atoms with Crippen LogP contribution in [0.2, 0.25) is 0 Å². The number of nitrogens with zero attached hydrogens (tertiary/aromatic N) is 2. The molecule has 0 saturated carbocycles. The molecular weight excluding hydrogens is 884 g/mol. The third-order valence-electron chi connectivity index (χ3n) is 16.2. The molecule has 2 aliphatic heterocycles. The van der Waals surface area contributed by atoms with Crippen LogP contribution in [0.1, 0.15) is 141 Å². The number of aryl methyl sites for hydroxylation is 2. The summed E-state index contributed by atoms with van der Waals surface area (Å²) in [5.41, 5.74) is 25.6. The van der Waals surface area contributed by atoms with Crippen LogP contribution in [0.4, 0.5) is 34.1 Å². The van der Waals surface area contributed by atoms with Crippen molar-refractivity contribution >= 4 is 57.2 Å². The number of ether oxygens (including phenoxy) is 1. The molecule has 0 aromatic heterocycles. The molecule has 3 aliphatic rings. The van der Waals surface area contributed by atoms with Gasteiger partial charge in [-0.15, -0.1) is 0 Å². The molecule has 2 heterocycles. The highest BCUT2D eigenvalue weighted by Crippen LogP contribution is 2.57. The molecule has 1 aliphatic carbocycles. The first kappa shape index (κ1) is 48.5. The van der Waals surface area contributed by atoms with Crippen molar-refractivity contribution in [3.05, 3.63) is 196 Å². The van der Waals surface area contributed by atoms with Crippen LogP contribution in [-0.2, 0) is 27.1 Å². The van der Waals surface area contributed by atoms with Gasteiger partial charge in [0.25, 0.3) is 6.71 Å². The lowest BCUT2D eigenvalue weighted by molar-refractivity contribution is 0.486. The summed E-state index contributed by atoms with van der Waals surface area (Å²) < 4.78 is 7.32. The summed E-state index contributed by atoms with van der Waals surface area (Å²) in [6, 6.07) is 58.7. The fourth-order valence-corrected chi connectivity index (χ4v) is 12.2. The van der Waals surface area contributed by atoms with E-state index in [-0.39, 0.29) is 33.8 Å². The molecule has 0 spiro atoms. The second-order valence-electron chi connectivity index (χ2n) is 26.1. The van der Waals surface area contributed by atoms with E-state index in [9.17, 15) is 0 Å². The van der Waals surface area contributed by atoms with Crippen molar-refractivity contribution in [1.29, 1.82) is 0 Å². The van der Waals surface area contributed by atoms with Gasteiger partial charge in [0.05, 0.1) is 5.69 Å². The van der Waals surface area contributed by atoms with Crippen molar-refractivity contribution < 1.29 is 4.74 Å². The molecule has 8 aromatic carbocycles. The summed E-state index contributed by atoms with van der Waals surface area (Å²) in [6.07, 6.45) is 0. The summed E-state index contributed by atoms with van der Waals surface area (Å²) in [6.45, 7) is 36.9. The maximum atomic E-state index is 7.32. The van der Waals surface area contributed by atoms with Crippen LogP contribution in [-0.4, -0.2) is 6.71 Å². The summed E-state index contributed by atoms with van der Waals surface area (Å²) >= 11 is 0.